The molecule has 18 heavy (non-hydrogen) atoms. The molecule has 2 nitrogen and oxygen atoms in total. The highest BCUT2D eigenvalue weighted by atomic mass is 35.5. The second-order valence-corrected chi connectivity index (χ2v) is 5.30. The van der Waals surface area contributed by atoms with Crippen LogP contribution in [0.5, 0.6) is 0 Å². The van der Waals surface area contributed by atoms with Crippen molar-refractivity contribution in [3.05, 3.63) is 23.2 Å². The molecule has 1 aromatic carbocycles. The van der Waals surface area contributed by atoms with Crippen LogP contribution in [0.25, 0.3) is 0 Å². The Hall–Kier alpha value is -0.590. The number of benzene rings is 1. The number of carbonyl (C=O) groups is 1. The minimum atomic E-state index is -3.75. The summed E-state index contributed by atoms with van der Waals surface area (Å²) < 4.78 is 38.5. The molecule has 0 heterocycles. The molecule has 100 valence electrons. The molecule has 0 aliphatic rings. The summed E-state index contributed by atoms with van der Waals surface area (Å²) in [4.78, 5) is 10.9. The number of thioether (sulfide) groups is 1. The number of nitrogens with one attached hydrogen (secondary N) is 1. The molecule has 1 rings (SSSR count). The summed E-state index contributed by atoms with van der Waals surface area (Å²) in [5, 5.41) is -1.25. The lowest BCUT2D eigenvalue weighted by Crippen LogP contribution is -2.20. The highest BCUT2D eigenvalue weighted by Crippen LogP contribution is 2.42. The largest absolute Gasteiger partial charge is 0.342 e. The number of hydrogen-bond acceptors (Lipinski definition) is 2. The Balaban J connectivity index is 2.88. The van der Waals surface area contributed by atoms with E-state index in [1.807, 2.05) is 0 Å². The predicted octanol–water partition coefficient (Wildman–Crippen LogP) is 4.52. The molecule has 0 bridgehead atoms. The van der Waals surface area contributed by atoms with E-state index in [9.17, 15) is 18.0 Å². The van der Waals surface area contributed by atoms with Crippen molar-refractivity contribution in [2.75, 3.05) is 5.32 Å². The third kappa shape index (κ3) is 4.26. The lowest BCUT2D eigenvalue weighted by molar-refractivity contribution is -0.114. The first kappa shape index (κ1) is 15.5. The van der Waals surface area contributed by atoms with E-state index < -0.39 is 10.9 Å². The van der Waals surface area contributed by atoms with Gasteiger partial charge in [0.2, 0.25) is 11.5 Å². The van der Waals surface area contributed by atoms with E-state index in [1.165, 1.54) is 25.1 Å². The fourth-order valence-corrected chi connectivity index (χ4v) is 2.19. The van der Waals surface area contributed by atoms with Crippen molar-refractivity contribution < 1.29 is 18.0 Å². The van der Waals surface area contributed by atoms with Gasteiger partial charge < -0.3 is 5.32 Å². The van der Waals surface area contributed by atoms with Crippen LogP contribution in [0.3, 0.4) is 0 Å². The number of amides is 1. The zero-order chi connectivity index (χ0) is 13.9. The van der Waals surface area contributed by atoms with Gasteiger partial charge in [0.1, 0.15) is 0 Å². The summed E-state index contributed by atoms with van der Waals surface area (Å²) in [6, 6.07) is 3.84. The maximum Gasteiger partial charge on any atom is 0.342 e. The van der Waals surface area contributed by atoms with E-state index in [1.54, 1.807) is 0 Å². The van der Waals surface area contributed by atoms with Gasteiger partial charge >= 0.3 is 5.25 Å². The molecule has 0 radical (unpaired) electrons. The quantitative estimate of drug-likeness (QED) is 0.653. The molecule has 1 N–H and O–H groups in total. The zero-order valence-corrected chi connectivity index (χ0v) is 11.3. The molecular formula is C10H8Cl2F3NOS. The van der Waals surface area contributed by atoms with Crippen LogP contribution in [0, 0.1) is 0 Å². The number of halogens is 5. The minimum absolute atomic E-state index is 0.0417. The highest BCUT2D eigenvalue weighted by Gasteiger charge is 2.40. The third-order valence-corrected chi connectivity index (χ3v) is 3.44. The van der Waals surface area contributed by atoms with Gasteiger partial charge in [-0.15, -0.1) is 0 Å². The van der Waals surface area contributed by atoms with Crippen LogP contribution in [-0.4, -0.2) is 16.8 Å². The van der Waals surface area contributed by atoms with E-state index in [0.717, 1.165) is 0 Å². The van der Waals surface area contributed by atoms with Gasteiger partial charge in [-0.25, -0.2) is 4.39 Å². The third-order valence-electron chi connectivity index (χ3n) is 1.76. The fourth-order valence-electron chi connectivity index (χ4n) is 1.05. The second kappa shape index (κ2) is 6.04. The number of hydrogen-bond donors (Lipinski definition) is 1. The van der Waals surface area contributed by atoms with E-state index in [2.05, 4.69) is 5.32 Å². The number of carbonyl (C=O) groups excluding carboxylic acids is 1. The van der Waals surface area contributed by atoms with Crippen LogP contribution in [-0.2, 0) is 4.79 Å². The SMILES string of the molecule is CC(=O)Nc1ccc(SC(F)(F)C(F)Cl)cc1Cl. The Morgan fingerprint density at radius 1 is 1.50 bits per heavy atom. The van der Waals surface area contributed by atoms with Gasteiger partial charge in [0.05, 0.1) is 10.7 Å². The molecule has 0 aliphatic carbocycles. The number of rotatable bonds is 4. The molecule has 8 heteroatoms. The maximum atomic E-state index is 13.0. The molecule has 0 aliphatic heterocycles. The average molecular weight is 318 g/mol. The van der Waals surface area contributed by atoms with E-state index >= 15 is 0 Å². The van der Waals surface area contributed by atoms with Gasteiger partial charge in [0.25, 0.3) is 0 Å². The second-order valence-electron chi connectivity index (χ2n) is 3.29. The van der Waals surface area contributed by atoms with Crippen molar-refractivity contribution in [3.63, 3.8) is 0 Å². The summed E-state index contributed by atoms with van der Waals surface area (Å²) in [7, 11) is 0. The summed E-state index contributed by atoms with van der Waals surface area (Å²) in [6.45, 7) is 1.29. The molecule has 0 aromatic heterocycles. The van der Waals surface area contributed by atoms with Gasteiger partial charge in [-0.05, 0) is 30.0 Å². The molecule has 0 saturated carbocycles. The number of alkyl halides is 4. The summed E-state index contributed by atoms with van der Waals surface area (Å²) >= 11 is 10.5. The lowest BCUT2D eigenvalue weighted by Gasteiger charge is -2.16. The summed E-state index contributed by atoms with van der Waals surface area (Å²) in [5.74, 6) is -0.341. The molecule has 1 aromatic rings. The lowest BCUT2D eigenvalue weighted by atomic mass is 10.3. The van der Waals surface area contributed by atoms with Gasteiger partial charge in [-0.3, -0.25) is 4.79 Å². The molecule has 1 atom stereocenters. The zero-order valence-electron chi connectivity index (χ0n) is 9.02. The summed E-state index contributed by atoms with van der Waals surface area (Å²) in [5.41, 5.74) is -2.50. The Morgan fingerprint density at radius 2 is 2.11 bits per heavy atom. The van der Waals surface area contributed by atoms with Gasteiger partial charge in [-0.2, -0.15) is 8.78 Å². The smallest absolute Gasteiger partial charge is 0.325 e. The van der Waals surface area contributed by atoms with Crippen LogP contribution < -0.4 is 5.32 Å². The molecule has 0 fully saturated rings. The maximum absolute atomic E-state index is 13.0. The highest BCUT2D eigenvalue weighted by molar-refractivity contribution is 8.00. The monoisotopic (exact) mass is 317 g/mol. The average Bonchev–Trinajstić information content (AvgIpc) is 2.21. The fraction of sp³-hybridized carbons (Fsp3) is 0.300. The standard InChI is InChI=1S/C10H8Cl2F3NOS/c1-5(17)16-8-3-2-6(4-7(8)11)18-10(14,15)9(12)13/h2-4,9H,1H3,(H,16,17). The van der Waals surface area contributed by atoms with Crippen LogP contribution in [0.15, 0.2) is 23.1 Å². The van der Waals surface area contributed by atoms with E-state index in [4.69, 9.17) is 23.2 Å². The first-order valence-corrected chi connectivity index (χ1v) is 6.27. The van der Waals surface area contributed by atoms with Crippen molar-refractivity contribution in [1.29, 1.82) is 0 Å². The Kier molecular flexibility index (Phi) is 5.19. The Labute approximate surface area is 116 Å². The normalized spacial score (nSPS) is 13.2. The summed E-state index contributed by atoms with van der Waals surface area (Å²) in [6.07, 6.45) is 0. The van der Waals surface area contributed by atoms with Crippen molar-refractivity contribution in [3.8, 4) is 0 Å². The molecule has 0 spiro atoms. The number of anilines is 1. The Morgan fingerprint density at radius 3 is 2.56 bits per heavy atom. The minimum Gasteiger partial charge on any atom is -0.325 e. The molecule has 1 unspecified atom stereocenters. The Bertz CT molecular complexity index is 457. The first-order valence-electron chi connectivity index (χ1n) is 4.64. The van der Waals surface area contributed by atoms with E-state index in [-0.39, 0.29) is 27.6 Å². The van der Waals surface area contributed by atoms with Crippen LogP contribution in [0.4, 0.5) is 18.9 Å². The van der Waals surface area contributed by atoms with Gasteiger partial charge in [0, 0.05) is 11.8 Å². The first-order chi connectivity index (χ1) is 8.22. The van der Waals surface area contributed by atoms with Gasteiger partial charge in [-0.1, -0.05) is 23.2 Å². The van der Waals surface area contributed by atoms with Crippen LogP contribution in [0.1, 0.15) is 6.92 Å². The van der Waals surface area contributed by atoms with Crippen molar-refractivity contribution in [1.82, 2.24) is 0 Å². The topological polar surface area (TPSA) is 29.1 Å². The van der Waals surface area contributed by atoms with E-state index in [0.29, 0.717) is 5.69 Å². The predicted molar refractivity (Wildman–Crippen MR) is 67.3 cm³/mol. The molecular weight excluding hydrogens is 310 g/mol. The molecule has 1 amide bonds. The molecule has 0 saturated heterocycles. The van der Waals surface area contributed by atoms with Gasteiger partial charge in [0.15, 0.2) is 0 Å². The van der Waals surface area contributed by atoms with Crippen LogP contribution in [0.2, 0.25) is 5.02 Å². The van der Waals surface area contributed by atoms with Crippen molar-refractivity contribution >= 4 is 46.6 Å². The van der Waals surface area contributed by atoms with Crippen molar-refractivity contribution in [2.45, 2.75) is 22.7 Å². The van der Waals surface area contributed by atoms with Crippen molar-refractivity contribution in [2.24, 2.45) is 0 Å². The van der Waals surface area contributed by atoms with Crippen LogP contribution >= 0.6 is 35.0 Å².